The maximum atomic E-state index is 9.88. The van der Waals surface area contributed by atoms with Crippen molar-refractivity contribution in [2.75, 3.05) is 19.7 Å². The summed E-state index contributed by atoms with van der Waals surface area (Å²) in [5, 5.41) is 22.7. The van der Waals surface area contributed by atoms with Crippen molar-refractivity contribution in [1.82, 2.24) is 5.32 Å². The Morgan fingerprint density at radius 2 is 1.86 bits per heavy atom. The largest absolute Gasteiger partial charge is 0.491 e. The second-order valence-corrected chi connectivity index (χ2v) is 6.17. The summed E-state index contributed by atoms with van der Waals surface area (Å²) in [6, 6.07) is 3.84. The van der Waals surface area contributed by atoms with Crippen LogP contribution in [0.1, 0.15) is 37.8 Å². The van der Waals surface area contributed by atoms with Crippen molar-refractivity contribution in [1.29, 1.82) is 0 Å². The third kappa shape index (κ3) is 6.22. The molecule has 0 heterocycles. The van der Waals surface area contributed by atoms with E-state index in [-0.39, 0.29) is 6.61 Å². The van der Waals surface area contributed by atoms with Crippen LogP contribution >= 0.6 is 11.6 Å². The fourth-order valence-electron chi connectivity index (χ4n) is 1.95. The molecule has 1 aromatic rings. The van der Waals surface area contributed by atoms with Crippen LogP contribution in [-0.2, 0) is 0 Å². The van der Waals surface area contributed by atoms with E-state index in [0.717, 1.165) is 21.9 Å². The molecule has 0 aromatic heterocycles. The molecule has 21 heavy (non-hydrogen) atoms. The van der Waals surface area contributed by atoms with Crippen LogP contribution in [0, 0.1) is 6.92 Å². The van der Waals surface area contributed by atoms with Crippen molar-refractivity contribution >= 4 is 11.6 Å². The summed E-state index contributed by atoms with van der Waals surface area (Å²) in [6.07, 6.45) is -1.05. The fraction of sp³-hybridized carbons (Fsp3) is 0.625. The maximum Gasteiger partial charge on any atom is 0.123 e. The predicted octanol–water partition coefficient (Wildman–Crippen LogP) is 2.48. The van der Waals surface area contributed by atoms with Gasteiger partial charge in [-0.15, -0.1) is 0 Å². The maximum absolute atomic E-state index is 9.88. The van der Waals surface area contributed by atoms with E-state index in [0.29, 0.717) is 19.0 Å². The molecule has 3 N–H and O–H groups in total. The number of rotatable bonds is 8. The predicted molar refractivity (Wildman–Crippen MR) is 86.3 cm³/mol. The summed E-state index contributed by atoms with van der Waals surface area (Å²) < 4.78 is 5.74. The molecule has 4 nitrogen and oxygen atoms in total. The average Bonchev–Trinajstić information content (AvgIpc) is 2.39. The fourth-order valence-corrected chi connectivity index (χ4v) is 2.12. The molecule has 0 bridgehead atoms. The van der Waals surface area contributed by atoms with E-state index >= 15 is 0 Å². The van der Waals surface area contributed by atoms with Gasteiger partial charge in [0, 0.05) is 18.1 Å². The average molecular weight is 316 g/mol. The Kier molecular flexibility index (Phi) is 7.46. The van der Waals surface area contributed by atoms with E-state index in [1.807, 2.05) is 19.1 Å². The Morgan fingerprint density at radius 3 is 2.43 bits per heavy atom. The number of halogens is 1. The van der Waals surface area contributed by atoms with Crippen LogP contribution in [0.2, 0.25) is 5.02 Å². The van der Waals surface area contributed by atoms with Gasteiger partial charge in [-0.1, -0.05) is 25.4 Å². The van der Waals surface area contributed by atoms with E-state index in [1.165, 1.54) is 0 Å². The van der Waals surface area contributed by atoms with Gasteiger partial charge < -0.3 is 20.3 Å². The number of nitrogens with one attached hydrogen (secondary N) is 1. The zero-order valence-electron chi connectivity index (χ0n) is 13.2. The third-order valence-corrected chi connectivity index (χ3v) is 3.57. The molecule has 0 saturated carbocycles. The summed E-state index contributed by atoms with van der Waals surface area (Å²) in [6.45, 7) is 8.82. The van der Waals surface area contributed by atoms with Crippen molar-refractivity contribution in [2.24, 2.45) is 0 Å². The minimum absolute atomic E-state index is 0.202. The van der Waals surface area contributed by atoms with Gasteiger partial charge in [-0.25, -0.2) is 0 Å². The molecule has 120 valence electrons. The Morgan fingerprint density at radius 1 is 1.19 bits per heavy atom. The molecule has 0 amide bonds. The smallest absolute Gasteiger partial charge is 0.123 e. The zero-order chi connectivity index (χ0) is 16.0. The van der Waals surface area contributed by atoms with Crippen LogP contribution in [0.5, 0.6) is 5.75 Å². The number of ether oxygens (including phenoxy) is 1. The molecule has 0 unspecified atom stereocenters. The lowest BCUT2D eigenvalue weighted by atomic mass is 10.0. The highest BCUT2D eigenvalue weighted by molar-refractivity contribution is 6.31. The highest BCUT2D eigenvalue weighted by Crippen LogP contribution is 2.32. The first-order valence-electron chi connectivity index (χ1n) is 7.31. The molecule has 1 rings (SSSR count). The topological polar surface area (TPSA) is 61.7 Å². The number of aryl methyl sites for hydroxylation is 1. The lowest BCUT2D eigenvalue weighted by Crippen LogP contribution is -2.35. The minimum Gasteiger partial charge on any atom is -0.491 e. The van der Waals surface area contributed by atoms with E-state index in [1.54, 1.807) is 6.92 Å². The van der Waals surface area contributed by atoms with E-state index in [4.69, 9.17) is 21.4 Å². The Balaban J connectivity index is 2.60. The third-order valence-electron chi connectivity index (χ3n) is 3.16. The number of aliphatic hydroxyl groups is 2. The summed E-state index contributed by atoms with van der Waals surface area (Å²) in [5.41, 5.74) is 1.99. The second-order valence-electron chi connectivity index (χ2n) is 5.77. The molecular weight excluding hydrogens is 290 g/mol. The quantitative estimate of drug-likeness (QED) is 0.690. The number of hydrogen-bond acceptors (Lipinski definition) is 4. The molecular formula is C16H26ClNO3. The van der Waals surface area contributed by atoms with E-state index < -0.39 is 12.2 Å². The van der Waals surface area contributed by atoms with Gasteiger partial charge in [0.2, 0.25) is 0 Å². The Labute approximate surface area is 132 Å². The van der Waals surface area contributed by atoms with Crippen LogP contribution < -0.4 is 10.1 Å². The number of hydrogen-bond donors (Lipinski definition) is 3. The van der Waals surface area contributed by atoms with Gasteiger partial charge in [-0.05, 0) is 43.0 Å². The summed E-state index contributed by atoms with van der Waals surface area (Å²) in [7, 11) is 0. The molecule has 0 fully saturated rings. The SMILES string of the molecule is Cc1cc(OC[C@H](O)CNC[C@H](C)O)c(C(C)C)cc1Cl. The highest BCUT2D eigenvalue weighted by Gasteiger charge is 2.13. The molecule has 0 aliphatic rings. The monoisotopic (exact) mass is 315 g/mol. The molecule has 1 aromatic carbocycles. The minimum atomic E-state index is -0.625. The number of aliphatic hydroxyl groups excluding tert-OH is 2. The van der Waals surface area contributed by atoms with Gasteiger partial charge in [0.1, 0.15) is 18.5 Å². The number of benzene rings is 1. The van der Waals surface area contributed by atoms with Crippen LogP contribution in [0.4, 0.5) is 0 Å². The lowest BCUT2D eigenvalue weighted by Gasteiger charge is -2.18. The van der Waals surface area contributed by atoms with Gasteiger partial charge in [-0.3, -0.25) is 0 Å². The van der Waals surface area contributed by atoms with Crippen molar-refractivity contribution in [3.05, 3.63) is 28.3 Å². The van der Waals surface area contributed by atoms with Crippen molar-refractivity contribution in [3.63, 3.8) is 0 Å². The van der Waals surface area contributed by atoms with Crippen LogP contribution in [0.15, 0.2) is 12.1 Å². The summed E-state index contributed by atoms with van der Waals surface area (Å²) in [5.74, 6) is 1.06. The Hall–Kier alpha value is -0.810. The molecule has 0 aliphatic carbocycles. The van der Waals surface area contributed by atoms with Gasteiger partial charge in [-0.2, -0.15) is 0 Å². The van der Waals surface area contributed by atoms with Crippen molar-refractivity contribution in [2.45, 2.75) is 45.8 Å². The highest BCUT2D eigenvalue weighted by atomic mass is 35.5. The van der Waals surface area contributed by atoms with Gasteiger partial charge in [0.15, 0.2) is 0 Å². The van der Waals surface area contributed by atoms with Crippen LogP contribution in [-0.4, -0.2) is 42.1 Å². The lowest BCUT2D eigenvalue weighted by molar-refractivity contribution is 0.101. The van der Waals surface area contributed by atoms with Gasteiger partial charge >= 0.3 is 0 Å². The van der Waals surface area contributed by atoms with Crippen molar-refractivity contribution in [3.8, 4) is 5.75 Å². The first-order valence-corrected chi connectivity index (χ1v) is 7.68. The van der Waals surface area contributed by atoms with Crippen molar-refractivity contribution < 1.29 is 14.9 Å². The summed E-state index contributed by atoms with van der Waals surface area (Å²) >= 11 is 6.15. The van der Waals surface area contributed by atoms with E-state index in [2.05, 4.69) is 19.2 Å². The first-order chi connectivity index (χ1) is 9.81. The molecule has 5 heteroatoms. The standard InChI is InChI=1S/C16H26ClNO3/c1-10(2)14-6-15(17)11(3)5-16(14)21-9-13(20)8-18-7-12(4)19/h5-6,10,12-13,18-20H,7-9H2,1-4H3/t12-,13+/m0/s1. The van der Waals surface area contributed by atoms with Crippen LogP contribution in [0.25, 0.3) is 0 Å². The molecule has 0 aliphatic heterocycles. The zero-order valence-corrected chi connectivity index (χ0v) is 13.9. The molecule has 0 radical (unpaired) electrons. The van der Waals surface area contributed by atoms with Gasteiger partial charge in [0.05, 0.1) is 6.10 Å². The normalized spacial score (nSPS) is 14.3. The molecule has 0 spiro atoms. The van der Waals surface area contributed by atoms with Gasteiger partial charge in [0.25, 0.3) is 0 Å². The van der Waals surface area contributed by atoms with Crippen LogP contribution in [0.3, 0.4) is 0 Å². The summed E-state index contributed by atoms with van der Waals surface area (Å²) in [4.78, 5) is 0. The second kappa shape index (κ2) is 8.59. The van der Waals surface area contributed by atoms with E-state index in [9.17, 15) is 5.11 Å². The Bertz CT molecular complexity index is 449. The first kappa shape index (κ1) is 18.2. The molecule has 2 atom stereocenters. The molecule has 0 saturated heterocycles.